The number of fused-ring (bicyclic) bond motifs is 11. The predicted octanol–water partition coefficient (Wildman–Crippen LogP) is 15.3. The Morgan fingerprint density at radius 3 is 1.95 bits per heavy atom. The van der Waals surface area contributed by atoms with Gasteiger partial charge in [-0.1, -0.05) is 138 Å². The summed E-state index contributed by atoms with van der Waals surface area (Å²) in [5, 5.41) is 0. The van der Waals surface area contributed by atoms with E-state index < -0.39 is 0 Å². The van der Waals surface area contributed by atoms with Crippen LogP contribution < -0.4 is 4.90 Å². The largest absolute Gasteiger partial charge is 0.310 e. The topological polar surface area (TPSA) is 3.24 Å². The first kappa shape index (κ1) is 35.2. The molecule has 294 valence electrons. The van der Waals surface area contributed by atoms with Crippen LogP contribution in [0.1, 0.15) is 113 Å². The molecule has 2 heteroatoms. The van der Waals surface area contributed by atoms with Gasteiger partial charge in [0.15, 0.2) is 0 Å². The average molecular weight is 786 g/mol. The van der Waals surface area contributed by atoms with Crippen LogP contribution in [-0.2, 0) is 21.7 Å². The van der Waals surface area contributed by atoms with E-state index >= 15 is 0 Å². The highest BCUT2D eigenvalue weighted by molar-refractivity contribution is 7.99. The first-order chi connectivity index (χ1) is 28.4. The summed E-state index contributed by atoms with van der Waals surface area (Å²) < 4.78 is 0. The number of anilines is 3. The first-order valence-corrected chi connectivity index (χ1v) is 23.5. The Hall–Kier alpha value is -4.53. The molecular formula is C57H55NS. The zero-order valence-corrected chi connectivity index (χ0v) is 36.3. The minimum absolute atomic E-state index is 0.0742. The van der Waals surface area contributed by atoms with E-state index in [2.05, 4.69) is 174 Å². The molecule has 0 saturated heterocycles. The lowest BCUT2D eigenvalue weighted by atomic mass is 9.26. The summed E-state index contributed by atoms with van der Waals surface area (Å²) in [6.45, 7) is 14.6. The fourth-order valence-corrected chi connectivity index (χ4v) is 16.5. The molecule has 4 fully saturated rings. The summed E-state index contributed by atoms with van der Waals surface area (Å²) in [5.41, 5.74) is 19.4. The van der Waals surface area contributed by atoms with E-state index in [1.807, 2.05) is 11.8 Å². The second-order valence-corrected chi connectivity index (χ2v) is 22.7. The summed E-state index contributed by atoms with van der Waals surface area (Å²) in [6, 6.07) is 50.2. The Kier molecular flexibility index (Phi) is 6.83. The minimum atomic E-state index is -0.0742. The van der Waals surface area contributed by atoms with E-state index in [9.17, 15) is 0 Å². The van der Waals surface area contributed by atoms with Crippen LogP contribution in [0.5, 0.6) is 0 Å². The molecule has 4 saturated carbocycles. The van der Waals surface area contributed by atoms with Crippen molar-refractivity contribution in [2.24, 2.45) is 29.1 Å². The number of hydrogen-bond donors (Lipinski definition) is 0. The SMILES string of the molecule is CC1(C)CCC(C)(C)c2cc(N(c3ccc4c(c3)Sc3cccc(-c5ccccc5)c3C43C4CC5CC6CC3C64C5)c3ccc4c(c3)C(C)(C)c3ccccc3-4)ccc21. The second kappa shape index (κ2) is 11.4. The van der Waals surface area contributed by atoms with Crippen molar-refractivity contribution in [2.75, 3.05) is 4.90 Å². The Labute approximate surface area is 355 Å². The van der Waals surface area contributed by atoms with Gasteiger partial charge in [-0.3, -0.25) is 0 Å². The highest BCUT2D eigenvalue weighted by Crippen LogP contribution is 2.89. The van der Waals surface area contributed by atoms with Crippen molar-refractivity contribution >= 4 is 28.8 Å². The summed E-state index contributed by atoms with van der Waals surface area (Å²) >= 11 is 2.04. The second-order valence-electron chi connectivity index (χ2n) is 21.6. The fourth-order valence-electron chi connectivity index (χ4n) is 15.2. The maximum atomic E-state index is 2.63. The maximum absolute atomic E-state index is 2.63. The summed E-state index contributed by atoms with van der Waals surface area (Å²) in [6.07, 6.45) is 8.21. The number of benzene rings is 6. The summed E-state index contributed by atoms with van der Waals surface area (Å²) in [4.78, 5) is 5.57. The molecule has 59 heavy (non-hydrogen) atoms. The predicted molar refractivity (Wildman–Crippen MR) is 246 cm³/mol. The quantitative estimate of drug-likeness (QED) is 0.175. The third-order valence-corrected chi connectivity index (χ3v) is 19.0. The molecule has 6 atom stereocenters. The first-order valence-electron chi connectivity index (χ1n) is 22.6. The van der Waals surface area contributed by atoms with Crippen LogP contribution >= 0.6 is 11.8 Å². The van der Waals surface area contributed by atoms with E-state index in [4.69, 9.17) is 0 Å². The lowest BCUT2D eigenvalue weighted by molar-refractivity contribution is -0.234. The van der Waals surface area contributed by atoms with Crippen molar-refractivity contribution in [2.45, 2.75) is 112 Å². The third-order valence-electron chi connectivity index (χ3n) is 17.8. The number of hydrogen-bond acceptors (Lipinski definition) is 2. The molecule has 6 aromatic carbocycles. The summed E-state index contributed by atoms with van der Waals surface area (Å²) in [7, 11) is 0. The molecule has 7 aliphatic rings. The van der Waals surface area contributed by atoms with Gasteiger partial charge < -0.3 is 4.90 Å². The van der Waals surface area contributed by atoms with Gasteiger partial charge in [-0.2, -0.15) is 0 Å². The molecule has 6 unspecified atom stereocenters. The monoisotopic (exact) mass is 785 g/mol. The Morgan fingerprint density at radius 2 is 1.15 bits per heavy atom. The molecule has 13 rings (SSSR count). The van der Waals surface area contributed by atoms with Gasteiger partial charge in [-0.25, -0.2) is 0 Å². The third kappa shape index (κ3) is 4.30. The molecule has 1 heterocycles. The van der Waals surface area contributed by atoms with Crippen molar-refractivity contribution in [1.82, 2.24) is 0 Å². The van der Waals surface area contributed by atoms with E-state index in [0.717, 1.165) is 23.7 Å². The zero-order chi connectivity index (χ0) is 39.8. The molecule has 1 nitrogen and oxygen atoms in total. The van der Waals surface area contributed by atoms with Crippen molar-refractivity contribution in [3.8, 4) is 22.3 Å². The van der Waals surface area contributed by atoms with E-state index in [1.165, 1.54) is 110 Å². The van der Waals surface area contributed by atoms with Gasteiger partial charge in [-0.05, 0) is 177 Å². The van der Waals surface area contributed by atoms with Crippen LogP contribution in [0.2, 0.25) is 0 Å². The van der Waals surface area contributed by atoms with Gasteiger partial charge in [0.05, 0.1) is 0 Å². The van der Waals surface area contributed by atoms with Crippen LogP contribution in [0.3, 0.4) is 0 Å². The highest BCUT2D eigenvalue weighted by atomic mass is 32.2. The normalized spacial score (nSPS) is 29.6. The molecular weight excluding hydrogens is 731 g/mol. The number of nitrogens with zero attached hydrogens (tertiary/aromatic N) is 1. The van der Waals surface area contributed by atoms with Crippen molar-refractivity contribution in [3.05, 3.63) is 161 Å². The Morgan fingerprint density at radius 1 is 0.508 bits per heavy atom. The van der Waals surface area contributed by atoms with Gasteiger partial charge >= 0.3 is 0 Å². The van der Waals surface area contributed by atoms with E-state index in [0.29, 0.717) is 5.41 Å². The van der Waals surface area contributed by atoms with Gasteiger partial charge in [0.2, 0.25) is 0 Å². The average Bonchev–Trinajstić information content (AvgIpc) is 3.85. The lowest BCUT2D eigenvalue weighted by Gasteiger charge is -2.78. The van der Waals surface area contributed by atoms with Gasteiger partial charge in [0.1, 0.15) is 0 Å². The molecule has 0 N–H and O–H groups in total. The van der Waals surface area contributed by atoms with E-state index in [-0.39, 0.29) is 21.7 Å². The minimum Gasteiger partial charge on any atom is -0.310 e. The van der Waals surface area contributed by atoms with Crippen molar-refractivity contribution in [3.63, 3.8) is 0 Å². The smallest absolute Gasteiger partial charge is 0.0473 e. The van der Waals surface area contributed by atoms with Crippen LogP contribution in [0.25, 0.3) is 22.3 Å². The highest BCUT2D eigenvalue weighted by Gasteiger charge is 2.84. The van der Waals surface area contributed by atoms with Crippen LogP contribution in [0.4, 0.5) is 17.1 Å². The maximum Gasteiger partial charge on any atom is 0.0473 e. The van der Waals surface area contributed by atoms with Crippen LogP contribution in [-0.4, -0.2) is 0 Å². The van der Waals surface area contributed by atoms with Crippen molar-refractivity contribution in [1.29, 1.82) is 0 Å². The Bertz CT molecular complexity index is 2790. The van der Waals surface area contributed by atoms with Crippen LogP contribution in [0, 0.1) is 29.1 Å². The molecule has 0 aromatic heterocycles. The number of rotatable bonds is 4. The molecule has 2 bridgehead atoms. The molecule has 6 aromatic rings. The zero-order valence-electron chi connectivity index (χ0n) is 35.5. The van der Waals surface area contributed by atoms with Gasteiger partial charge in [-0.15, -0.1) is 0 Å². The van der Waals surface area contributed by atoms with Crippen LogP contribution in [0.15, 0.2) is 137 Å². The summed E-state index contributed by atoms with van der Waals surface area (Å²) in [5.74, 6) is 3.36. The van der Waals surface area contributed by atoms with Crippen molar-refractivity contribution < 1.29 is 0 Å². The molecule has 6 aliphatic carbocycles. The molecule has 2 spiro atoms. The lowest BCUT2D eigenvalue weighted by Crippen LogP contribution is -2.74. The molecule has 1 aliphatic heterocycles. The Balaban J connectivity index is 1.02. The van der Waals surface area contributed by atoms with Gasteiger partial charge in [0.25, 0.3) is 0 Å². The van der Waals surface area contributed by atoms with E-state index in [1.54, 1.807) is 11.1 Å². The standard InChI is InChI=1S/C57H55NS/c1-53(2)25-26-54(3,4)47-31-38(20-23-44(47)53)58(37-19-22-42-41-15-10-11-17-43(41)55(5,6)46(42)30-37)39-21-24-45-49(32-39)59-48-18-12-16-40(35-13-8-7-9-14-35)52(48)57(45)50-28-34-27-36-29-51(57)56(36,50)33-34/h7-24,30-32,34,36,50-51H,25-29,33H2,1-6H3. The van der Waals surface area contributed by atoms with Gasteiger partial charge in [0, 0.05) is 37.7 Å². The fraction of sp³-hybridized carbons (Fsp3) is 0.368. The molecule has 0 radical (unpaired) electrons. The molecule has 0 amide bonds.